The summed E-state index contributed by atoms with van der Waals surface area (Å²) in [6, 6.07) is 11.0. The van der Waals surface area contributed by atoms with E-state index in [9.17, 15) is 9.59 Å². The molecule has 8 nitrogen and oxygen atoms in total. The molecule has 3 heterocycles. The first kappa shape index (κ1) is 19.9. The maximum Gasteiger partial charge on any atom is 0.249 e. The van der Waals surface area contributed by atoms with Gasteiger partial charge < -0.3 is 15.1 Å². The van der Waals surface area contributed by atoms with Crippen LogP contribution in [0.2, 0.25) is 0 Å². The van der Waals surface area contributed by atoms with E-state index in [1.807, 2.05) is 55.1 Å². The summed E-state index contributed by atoms with van der Waals surface area (Å²) in [5, 5.41) is 5.75. The van der Waals surface area contributed by atoms with Crippen molar-refractivity contribution in [1.29, 1.82) is 0 Å². The molecule has 8 heteroatoms. The molecule has 2 aromatic rings. The number of benzene rings is 1. The van der Waals surface area contributed by atoms with Gasteiger partial charge in [0.25, 0.3) is 0 Å². The molecule has 0 saturated carbocycles. The minimum Gasteiger partial charge on any atom is -0.353 e. The number of pyridine rings is 1. The lowest BCUT2D eigenvalue weighted by atomic mass is 10.1. The highest BCUT2D eigenvalue weighted by molar-refractivity contribution is 6.06. The van der Waals surface area contributed by atoms with Crippen molar-refractivity contribution >= 4 is 29.3 Å². The van der Waals surface area contributed by atoms with Crippen LogP contribution in [-0.4, -0.2) is 59.9 Å². The molecule has 4 rings (SSSR count). The molecule has 1 atom stereocenters. The fourth-order valence-corrected chi connectivity index (χ4v) is 3.75. The largest absolute Gasteiger partial charge is 0.353 e. The van der Waals surface area contributed by atoms with E-state index in [2.05, 4.69) is 25.5 Å². The number of carbonyl (C=O) groups is 2. The summed E-state index contributed by atoms with van der Waals surface area (Å²) in [5.74, 6) is 0.972. The quantitative estimate of drug-likeness (QED) is 0.810. The monoisotopic (exact) mass is 406 g/mol. The number of aromatic nitrogens is 1. The molecule has 2 N–H and O–H groups in total. The minimum atomic E-state index is -0.733. The van der Waals surface area contributed by atoms with E-state index in [0.29, 0.717) is 19.0 Å². The zero-order valence-corrected chi connectivity index (χ0v) is 17.3. The van der Waals surface area contributed by atoms with Crippen LogP contribution in [0.15, 0.2) is 47.6 Å². The van der Waals surface area contributed by atoms with Crippen LogP contribution < -0.4 is 15.5 Å². The maximum atomic E-state index is 12.8. The molecule has 0 unspecified atom stereocenters. The first-order chi connectivity index (χ1) is 14.5. The summed E-state index contributed by atoms with van der Waals surface area (Å²) < 4.78 is 0. The number of hydrogen-bond acceptors (Lipinski definition) is 6. The van der Waals surface area contributed by atoms with Gasteiger partial charge in [-0.05, 0) is 37.6 Å². The normalized spacial score (nSPS) is 19.2. The summed E-state index contributed by atoms with van der Waals surface area (Å²) in [5.41, 5.74) is 2.86. The number of guanidine groups is 1. The summed E-state index contributed by atoms with van der Waals surface area (Å²) in [6.07, 6.45) is 1.83. The summed E-state index contributed by atoms with van der Waals surface area (Å²) in [7, 11) is 0. The third-order valence-electron chi connectivity index (χ3n) is 5.40. The number of rotatable bonds is 3. The van der Waals surface area contributed by atoms with Crippen LogP contribution in [-0.2, 0) is 9.59 Å². The lowest BCUT2D eigenvalue weighted by molar-refractivity contribution is -0.125. The Morgan fingerprint density at radius 2 is 1.87 bits per heavy atom. The highest BCUT2D eigenvalue weighted by atomic mass is 16.2. The molecule has 1 saturated heterocycles. The Hall–Kier alpha value is -3.42. The van der Waals surface area contributed by atoms with Gasteiger partial charge in [-0.3, -0.25) is 14.9 Å². The summed E-state index contributed by atoms with van der Waals surface area (Å²) >= 11 is 0. The smallest absolute Gasteiger partial charge is 0.249 e. The van der Waals surface area contributed by atoms with Gasteiger partial charge in [0.15, 0.2) is 0 Å². The Bertz CT molecular complexity index is 967. The molecule has 2 amide bonds. The average Bonchev–Trinajstić information content (AvgIpc) is 2.76. The zero-order valence-electron chi connectivity index (χ0n) is 17.3. The van der Waals surface area contributed by atoms with Gasteiger partial charge in [-0.2, -0.15) is 0 Å². The predicted molar refractivity (Wildman–Crippen MR) is 117 cm³/mol. The number of hydrogen-bond donors (Lipinski definition) is 2. The Morgan fingerprint density at radius 1 is 1.10 bits per heavy atom. The second-order valence-corrected chi connectivity index (χ2v) is 7.69. The molecule has 1 aromatic carbocycles. The predicted octanol–water partition coefficient (Wildman–Crippen LogP) is 1.70. The number of carbonyl (C=O) groups excluding carboxylic acids is 2. The average molecular weight is 406 g/mol. The van der Waals surface area contributed by atoms with Crippen molar-refractivity contribution in [1.82, 2.24) is 15.2 Å². The third kappa shape index (κ3) is 4.42. The van der Waals surface area contributed by atoms with E-state index < -0.39 is 6.04 Å². The Balaban J connectivity index is 1.42. The van der Waals surface area contributed by atoms with Gasteiger partial charge in [0.2, 0.25) is 17.8 Å². The molecule has 1 fully saturated rings. The second kappa shape index (κ2) is 8.52. The molecule has 0 bridgehead atoms. The Morgan fingerprint density at radius 3 is 2.57 bits per heavy atom. The van der Waals surface area contributed by atoms with Crippen molar-refractivity contribution in [2.75, 3.05) is 36.4 Å². The number of nitrogens with one attached hydrogen (secondary N) is 2. The van der Waals surface area contributed by atoms with Gasteiger partial charge in [0.05, 0.1) is 6.42 Å². The number of piperazine rings is 1. The van der Waals surface area contributed by atoms with Gasteiger partial charge in [-0.15, -0.1) is 0 Å². The van der Waals surface area contributed by atoms with E-state index in [1.165, 1.54) is 0 Å². The zero-order chi connectivity index (χ0) is 21.1. The molecule has 1 aromatic heterocycles. The summed E-state index contributed by atoms with van der Waals surface area (Å²) in [6.45, 7) is 6.89. The van der Waals surface area contributed by atoms with Crippen LogP contribution in [0, 0.1) is 13.8 Å². The van der Waals surface area contributed by atoms with E-state index in [1.54, 1.807) is 6.20 Å². The van der Waals surface area contributed by atoms with E-state index in [-0.39, 0.29) is 18.2 Å². The number of anilines is 2. The SMILES string of the molecule is Cc1ccc(NC(=O)[C@H]2CC(=O)NC(N3CCN(c4ccccn4)CC3)=N2)c(C)c1. The highest BCUT2D eigenvalue weighted by Crippen LogP contribution is 2.18. The minimum absolute atomic E-state index is 0.0497. The Kier molecular flexibility index (Phi) is 5.65. The Labute approximate surface area is 176 Å². The van der Waals surface area contributed by atoms with E-state index in [4.69, 9.17) is 0 Å². The molecular formula is C22H26N6O2. The molecule has 2 aliphatic rings. The topological polar surface area (TPSA) is 89.9 Å². The number of nitrogens with zero attached hydrogens (tertiary/aromatic N) is 4. The van der Waals surface area contributed by atoms with Gasteiger partial charge in [-0.1, -0.05) is 23.8 Å². The van der Waals surface area contributed by atoms with Crippen LogP contribution in [0.5, 0.6) is 0 Å². The maximum absolute atomic E-state index is 12.8. The molecule has 156 valence electrons. The molecular weight excluding hydrogens is 380 g/mol. The van der Waals surface area contributed by atoms with Crippen molar-refractivity contribution in [3.63, 3.8) is 0 Å². The van der Waals surface area contributed by atoms with Gasteiger partial charge >= 0.3 is 0 Å². The molecule has 2 aliphatic heterocycles. The van der Waals surface area contributed by atoms with E-state index >= 15 is 0 Å². The van der Waals surface area contributed by atoms with Crippen molar-refractivity contribution < 1.29 is 9.59 Å². The van der Waals surface area contributed by atoms with Crippen molar-refractivity contribution in [2.45, 2.75) is 26.3 Å². The second-order valence-electron chi connectivity index (χ2n) is 7.69. The first-order valence-corrected chi connectivity index (χ1v) is 10.2. The fraction of sp³-hybridized carbons (Fsp3) is 0.364. The van der Waals surface area contributed by atoms with Gasteiger partial charge in [-0.25, -0.2) is 9.98 Å². The summed E-state index contributed by atoms with van der Waals surface area (Å²) in [4.78, 5) is 38.2. The standard InChI is InChI=1S/C22H26N6O2/c1-15-6-7-17(16(2)13-15)24-21(30)18-14-20(29)26-22(25-18)28-11-9-27(10-12-28)19-5-3-4-8-23-19/h3-8,13,18H,9-12,14H2,1-2H3,(H,24,30)(H,25,26,29)/t18-/m1/s1. The molecule has 0 spiro atoms. The number of aliphatic imine (C=N–C) groups is 1. The van der Waals surface area contributed by atoms with Gasteiger partial charge in [0, 0.05) is 38.1 Å². The van der Waals surface area contributed by atoms with Crippen LogP contribution in [0.25, 0.3) is 0 Å². The van der Waals surface area contributed by atoms with Crippen LogP contribution >= 0.6 is 0 Å². The fourth-order valence-electron chi connectivity index (χ4n) is 3.75. The van der Waals surface area contributed by atoms with Crippen molar-refractivity contribution in [3.8, 4) is 0 Å². The molecule has 0 radical (unpaired) electrons. The van der Waals surface area contributed by atoms with Crippen LogP contribution in [0.1, 0.15) is 17.5 Å². The van der Waals surface area contributed by atoms with E-state index in [0.717, 1.165) is 35.7 Å². The highest BCUT2D eigenvalue weighted by Gasteiger charge is 2.31. The number of aryl methyl sites for hydroxylation is 2. The van der Waals surface area contributed by atoms with Crippen molar-refractivity contribution in [3.05, 3.63) is 53.7 Å². The third-order valence-corrected chi connectivity index (χ3v) is 5.40. The molecule has 0 aliphatic carbocycles. The molecule has 30 heavy (non-hydrogen) atoms. The lowest BCUT2D eigenvalue weighted by Crippen LogP contribution is -2.56. The van der Waals surface area contributed by atoms with Gasteiger partial charge in [0.1, 0.15) is 11.9 Å². The first-order valence-electron chi connectivity index (χ1n) is 10.2. The van der Waals surface area contributed by atoms with Crippen LogP contribution in [0.4, 0.5) is 11.5 Å². The van der Waals surface area contributed by atoms with Crippen molar-refractivity contribution in [2.24, 2.45) is 4.99 Å². The van der Waals surface area contributed by atoms with Crippen LogP contribution in [0.3, 0.4) is 0 Å². The number of amides is 2. The lowest BCUT2D eigenvalue weighted by Gasteiger charge is -2.38.